The van der Waals surface area contributed by atoms with Gasteiger partial charge in [0.1, 0.15) is 5.15 Å². The molecule has 1 unspecified atom stereocenters. The number of aliphatic hydroxyl groups is 1. The highest BCUT2D eigenvalue weighted by Crippen LogP contribution is 2.30. The molecular formula is C11H14ClN3O3. The minimum Gasteiger partial charge on any atom is -0.396 e. The lowest BCUT2D eigenvalue weighted by Crippen LogP contribution is -2.37. The normalized spacial score (nSPS) is 19.9. The molecule has 0 spiro atoms. The summed E-state index contributed by atoms with van der Waals surface area (Å²) in [6.07, 6.45) is 1.82. The number of nitrogens with zero attached hydrogens (tertiary/aromatic N) is 3. The van der Waals surface area contributed by atoms with Gasteiger partial charge in [0.15, 0.2) is 0 Å². The van der Waals surface area contributed by atoms with Gasteiger partial charge in [0.05, 0.1) is 4.92 Å². The van der Waals surface area contributed by atoms with Crippen molar-refractivity contribution in [3.63, 3.8) is 0 Å². The molecule has 0 radical (unpaired) electrons. The standard InChI is InChI=1S/C11H14ClN3O3/c12-10-4-3-9(15(17)18)11(13-10)14-5-1-2-8(6-14)7-16/h3-4,8,16H,1-2,5-7H2. The summed E-state index contributed by atoms with van der Waals surface area (Å²) in [5, 5.41) is 20.4. The van der Waals surface area contributed by atoms with Crippen LogP contribution in [0.25, 0.3) is 0 Å². The molecule has 0 aliphatic carbocycles. The molecule has 1 aliphatic heterocycles. The number of pyridine rings is 1. The molecule has 0 bridgehead atoms. The summed E-state index contributed by atoms with van der Waals surface area (Å²) in [5.41, 5.74) is -0.0435. The zero-order valence-electron chi connectivity index (χ0n) is 9.75. The predicted octanol–water partition coefficient (Wildman–Crippen LogP) is 1.85. The van der Waals surface area contributed by atoms with E-state index in [1.54, 1.807) is 0 Å². The van der Waals surface area contributed by atoms with Gasteiger partial charge in [-0.1, -0.05) is 11.6 Å². The van der Waals surface area contributed by atoms with Crippen molar-refractivity contribution in [2.45, 2.75) is 12.8 Å². The summed E-state index contributed by atoms with van der Waals surface area (Å²) >= 11 is 5.80. The third-order valence-corrected chi connectivity index (χ3v) is 3.30. The summed E-state index contributed by atoms with van der Waals surface area (Å²) in [4.78, 5) is 16.4. The topological polar surface area (TPSA) is 79.5 Å². The van der Waals surface area contributed by atoms with Gasteiger partial charge in [0.25, 0.3) is 0 Å². The molecule has 2 rings (SSSR count). The van der Waals surface area contributed by atoms with Crippen molar-refractivity contribution >= 4 is 23.1 Å². The lowest BCUT2D eigenvalue weighted by molar-refractivity contribution is -0.384. The Balaban J connectivity index is 2.31. The third kappa shape index (κ3) is 2.70. The smallest absolute Gasteiger partial charge is 0.311 e. The SMILES string of the molecule is O=[N+]([O-])c1ccc(Cl)nc1N1CCCC(CO)C1. The molecule has 1 saturated heterocycles. The predicted molar refractivity (Wildman–Crippen MR) is 67.9 cm³/mol. The molecule has 1 atom stereocenters. The Morgan fingerprint density at radius 1 is 1.61 bits per heavy atom. The molecule has 1 aromatic rings. The van der Waals surface area contributed by atoms with Gasteiger partial charge in [-0.2, -0.15) is 0 Å². The lowest BCUT2D eigenvalue weighted by atomic mass is 9.99. The number of hydrogen-bond donors (Lipinski definition) is 1. The summed E-state index contributed by atoms with van der Waals surface area (Å²) in [6.45, 7) is 1.36. The summed E-state index contributed by atoms with van der Waals surface area (Å²) in [5.74, 6) is 0.435. The van der Waals surface area contributed by atoms with Crippen molar-refractivity contribution in [2.24, 2.45) is 5.92 Å². The van der Waals surface area contributed by atoms with Crippen molar-refractivity contribution in [1.82, 2.24) is 4.98 Å². The average Bonchev–Trinajstić information content (AvgIpc) is 2.38. The van der Waals surface area contributed by atoms with E-state index in [1.165, 1.54) is 12.1 Å². The van der Waals surface area contributed by atoms with E-state index in [2.05, 4.69) is 4.98 Å². The van der Waals surface area contributed by atoms with Crippen LogP contribution in [0.3, 0.4) is 0 Å². The molecule has 18 heavy (non-hydrogen) atoms. The fourth-order valence-corrected chi connectivity index (χ4v) is 2.34. The third-order valence-electron chi connectivity index (χ3n) is 3.09. The molecule has 0 amide bonds. The molecule has 0 saturated carbocycles. The van der Waals surface area contributed by atoms with Crippen LogP contribution < -0.4 is 4.90 Å². The first kappa shape index (κ1) is 13.0. The van der Waals surface area contributed by atoms with E-state index in [0.717, 1.165) is 12.8 Å². The maximum Gasteiger partial charge on any atom is 0.311 e. The molecule has 0 aromatic carbocycles. The zero-order chi connectivity index (χ0) is 13.1. The quantitative estimate of drug-likeness (QED) is 0.516. The minimum absolute atomic E-state index is 0.0435. The van der Waals surface area contributed by atoms with E-state index in [-0.39, 0.29) is 23.4 Å². The van der Waals surface area contributed by atoms with Gasteiger partial charge >= 0.3 is 5.69 Å². The average molecular weight is 272 g/mol. The van der Waals surface area contributed by atoms with Crippen molar-refractivity contribution in [2.75, 3.05) is 24.6 Å². The van der Waals surface area contributed by atoms with Gasteiger partial charge in [0, 0.05) is 25.8 Å². The van der Waals surface area contributed by atoms with E-state index < -0.39 is 4.92 Å². The van der Waals surface area contributed by atoms with E-state index in [4.69, 9.17) is 11.6 Å². The van der Waals surface area contributed by atoms with Crippen LogP contribution in [-0.2, 0) is 0 Å². The maximum absolute atomic E-state index is 11.0. The molecule has 1 aromatic heterocycles. The number of nitro groups is 1. The Hall–Kier alpha value is -1.40. The number of aromatic nitrogens is 1. The highest BCUT2D eigenvalue weighted by molar-refractivity contribution is 6.29. The molecule has 2 heterocycles. The lowest BCUT2D eigenvalue weighted by Gasteiger charge is -2.32. The van der Waals surface area contributed by atoms with E-state index >= 15 is 0 Å². The Morgan fingerprint density at radius 2 is 2.39 bits per heavy atom. The van der Waals surface area contributed by atoms with Gasteiger partial charge in [-0.3, -0.25) is 10.1 Å². The van der Waals surface area contributed by atoms with E-state index in [0.29, 0.717) is 18.9 Å². The number of halogens is 1. The summed E-state index contributed by atoms with van der Waals surface area (Å²) < 4.78 is 0. The Bertz CT molecular complexity index is 455. The Morgan fingerprint density at radius 3 is 3.06 bits per heavy atom. The number of piperidine rings is 1. The molecule has 1 fully saturated rings. The largest absolute Gasteiger partial charge is 0.396 e. The van der Waals surface area contributed by atoms with Crippen molar-refractivity contribution in [3.05, 3.63) is 27.4 Å². The van der Waals surface area contributed by atoms with Gasteiger partial charge in [-0.05, 0) is 24.8 Å². The summed E-state index contributed by atoms with van der Waals surface area (Å²) in [7, 11) is 0. The van der Waals surface area contributed by atoms with Crippen LogP contribution in [0.4, 0.5) is 11.5 Å². The van der Waals surface area contributed by atoms with Crippen molar-refractivity contribution in [1.29, 1.82) is 0 Å². The van der Waals surface area contributed by atoms with E-state index in [1.807, 2.05) is 4.90 Å². The van der Waals surface area contributed by atoms with Crippen LogP contribution in [0, 0.1) is 16.0 Å². The van der Waals surface area contributed by atoms with Gasteiger partial charge < -0.3 is 10.0 Å². The first-order valence-electron chi connectivity index (χ1n) is 5.78. The molecular weight excluding hydrogens is 258 g/mol. The second kappa shape index (κ2) is 5.49. The minimum atomic E-state index is -0.457. The maximum atomic E-state index is 11.0. The van der Waals surface area contributed by atoms with Crippen LogP contribution in [0.5, 0.6) is 0 Å². The van der Waals surface area contributed by atoms with Gasteiger partial charge in [0.2, 0.25) is 5.82 Å². The second-order valence-corrected chi connectivity index (χ2v) is 4.76. The number of rotatable bonds is 3. The monoisotopic (exact) mass is 271 g/mol. The van der Waals surface area contributed by atoms with Crippen LogP contribution >= 0.6 is 11.6 Å². The zero-order valence-corrected chi connectivity index (χ0v) is 10.5. The van der Waals surface area contributed by atoms with Crippen LogP contribution in [0.1, 0.15) is 12.8 Å². The highest BCUT2D eigenvalue weighted by Gasteiger charge is 2.26. The summed E-state index contributed by atoms with van der Waals surface area (Å²) in [6, 6.07) is 2.78. The van der Waals surface area contributed by atoms with Crippen LogP contribution in [-0.4, -0.2) is 34.7 Å². The Kier molecular flexibility index (Phi) is 3.98. The first-order chi connectivity index (χ1) is 8.61. The molecule has 98 valence electrons. The number of hydrogen-bond acceptors (Lipinski definition) is 5. The number of aliphatic hydroxyl groups excluding tert-OH is 1. The van der Waals surface area contributed by atoms with Crippen molar-refractivity contribution in [3.8, 4) is 0 Å². The van der Waals surface area contributed by atoms with E-state index in [9.17, 15) is 15.2 Å². The molecule has 7 heteroatoms. The molecule has 1 aliphatic rings. The Labute approximate surface area is 109 Å². The van der Waals surface area contributed by atoms with Gasteiger partial charge in [-0.15, -0.1) is 0 Å². The molecule has 1 N–H and O–H groups in total. The molecule has 6 nitrogen and oxygen atoms in total. The van der Waals surface area contributed by atoms with Crippen molar-refractivity contribution < 1.29 is 10.0 Å². The van der Waals surface area contributed by atoms with Crippen LogP contribution in [0.15, 0.2) is 12.1 Å². The van der Waals surface area contributed by atoms with Crippen LogP contribution in [0.2, 0.25) is 5.15 Å². The fourth-order valence-electron chi connectivity index (χ4n) is 2.20. The highest BCUT2D eigenvalue weighted by atomic mass is 35.5. The first-order valence-corrected chi connectivity index (χ1v) is 6.16. The second-order valence-electron chi connectivity index (χ2n) is 4.37. The number of anilines is 1. The fraction of sp³-hybridized carbons (Fsp3) is 0.545. The van der Waals surface area contributed by atoms with Gasteiger partial charge in [-0.25, -0.2) is 4.98 Å².